The molecular formula is C19H26N2S. The molecule has 0 bridgehead atoms. The molecule has 0 N–H and O–H groups in total. The van der Waals surface area contributed by atoms with Crippen molar-refractivity contribution in [3.05, 3.63) is 40.4 Å². The number of hydrogen-bond acceptors (Lipinski definition) is 3. The van der Waals surface area contributed by atoms with Gasteiger partial charge in [0.1, 0.15) is 0 Å². The fourth-order valence-corrected chi connectivity index (χ4v) is 4.34. The van der Waals surface area contributed by atoms with Gasteiger partial charge >= 0.3 is 0 Å². The van der Waals surface area contributed by atoms with E-state index in [0.717, 1.165) is 18.5 Å². The molecule has 0 spiro atoms. The minimum Gasteiger partial charge on any atom is -0.292 e. The molecule has 1 aromatic carbocycles. The zero-order valence-electron chi connectivity index (χ0n) is 13.9. The predicted molar refractivity (Wildman–Crippen MR) is 96.5 cm³/mol. The van der Waals surface area contributed by atoms with Gasteiger partial charge in [-0.15, -0.1) is 11.3 Å². The third-order valence-corrected chi connectivity index (χ3v) is 5.67. The molecule has 3 heteroatoms. The highest BCUT2D eigenvalue weighted by atomic mass is 32.1. The quantitative estimate of drug-likeness (QED) is 0.671. The lowest BCUT2D eigenvalue weighted by Crippen LogP contribution is -2.34. The maximum atomic E-state index is 4.48. The predicted octanol–water partition coefficient (Wildman–Crippen LogP) is 5.57. The van der Waals surface area contributed by atoms with E-state index >= 15 is 0 Å². The lowest BCUT2D eigenvalue weighted by atomic mass is 9.94. The van der Waals surface area contributed by atoms with E-state index in [-0.39, 0.29) is 0 Å². The molecule has 0 aliphatic carbocycles. The highest BCUT2D eigenvalue weighted by Gasteiger charge is 2.23. The summed E-state index contributed by atoms with van der Waals surface area (Å²) in [5.74, 6) is 0. The average Bonchev–Trinajstić information content (AvgIpc) is 2.98. The number of fused-ring (bicyclic) bond motifs is 1. The van der Waals surface area contributed by atoms with E-state index in [1.165, 1.54) is 36.1 Å². The molecule has 2 aromatic rings. The minimum absolute atomic E-state index is 0.518. The molecule has 0 amide bonds. The Hall–Kier alpha value is -1.19. The molecule has 1 aliphatic rings. The van der Waals surface area contributed by atoms with Crippen LogP contribution in [0.15, 0.2) is 34.9 Å². The van der Waals surface area contributed by atoms with Crippen molar-refractivity contribution in [2.45, 2.75) is 52.5 Å². The van der Waals surface area contributed by atoms with E-state index in [1.807, 2.05) is 5.51 Å². The van der Waals surface area contributed by atoms with Crippen molar-refractivity contribution in [3.63, 3.8) is 0 Å². The summed E-state index contributed by atoms with van der Waals surface area (Å²) in [6.07, 6.45) is 4.95. The SMILES string of the molecule is CCCC1=C(C)CN(C(CC)c2ccc3scnc3c2)CC1. The van der Waals surface area contributed by atoms with Crippen molar-refractivity contribution >= 4 is 21.6 Å². The van der Waals surface area contributed by atoms with Crippen LogP contribution in [0.3, 0.4) is 0 Å². The normalized spacial score (nSPS) is 18.1. The van der Waals surface area contributed by atoms with E-state index in [1.54, 1.807) is 22.5 Å². The maximum Gasteiger partial charge on any atom is 0.0815 e. The van der Waals surface area contributed by atoms with Gasteiger partial charge in [-0.2, -0.15) is 0 Å². The zero-order chi connectivity index (χ0) is 15.5. The average molecular weight is 314 g/mol. The first kappa shape index (κ1) is 15.7. The number of rotatable bonds is 5. The van der Waals surface area contributed by atoms with Crippen LogP contribution in [0.5, 0.6) is 0 Å². The summed E-state index contributed by atoms with van der Waals surface area (Å²) >= 11 is 1.72. The number of thiazole rings is 1. The van der Waals surface area contributed by atoms with Crippen molar-refractivity contribution < 1.29 is 0 Å². The minimum atomic E-state index is 0.518. The molecule has 118 valence electrons. The second-order valence-corrected chi connectivity index (χ2v) is 7.24. The Morgan fingerprint density at radius 1 is 1.32 bits per heavy atom. The van der Waals surface area contributed by atoms with Gasteiger partial charge in [0.05, 0.1) is 15.7 Å². The van der Waals surface area contributed by atoms with Gasteiger partial charge in [-0.3, -0.25) is 4.90 Å². The van der Waals surface area contributed by atoms with E-state index in [4.69, 9.17) is 0 Å². The second-order valence-electron chi connectivity index (χ2n) is 6.36. The summed E-state index contributed by atoms with van der Waals surface area (Å²) in [6.45, 7) is 9.23. The largest absolute Gasteiger partial charge is 0.292 e. The molecule has 0 radical (unpaired) electrons. The molecular weight excluding hydrogens is 288 g/mol. The standard InChI is InChI=1S/C19H26N2S/c1-4-6-15-9-10-21(12-14(15)3)18(5-2)16-7-8-19-17(11-16)20-13-22-19/h7-8,11,13,18H,4-6,9-10,12H2,1-3H3. The van der Waals surface area contributed by atoms with Crippen LogP contribution in [0.25, 0.3) is 10.2 Å². The molecule has 22 heavy (non-hydrogen) atoms. The fourth-order valence-electron chi connectivity index (χ4n) is 3.68. The number of hydrogen-bond donors (Lipinski definition) is 0. The molecule has 3 rings (SSSR count). The van der Waals surface area contributed by atoms with Crippen LogP contribution in [-0.4, -0.2) is 23.0 Å². The molecule has 2 heterocycles. The lowest BCUT2D eigenvalue weighted by molar-refractivity contribution is 0.199. The molecule has 0 saturated heterocycles. The first-order chi connectivity index (χ1) is 10.7. The smallest absolute Gasteiger partial charge is 0.0815 e. The Morgan fingerprint density at radius 3 is 2.91 bits per heavy atom. The summed E-state index contributed by atoms with van der Waals surface area (Å²) in [5.41, 5.74) is 7.81. The van der Waals surface area contributed by atoms with Crippen molar-refractivity contribution in [1.82, 2.24) is 9.88 Å². The summed E-state index contributed by atoms with van der Waals surface area (Å²) < 4.78 is 1.29. The molecule has 0 saturated carbocycles. The van der Waals surface area contributed by atoms with Crippen LogP contribution < -0.4 is 0 Å². The van der Waals surface area contributed by atoms with E-state index in [9.17, 15) is 0 Å². The van der Waals surface area contributed by atoms with E-state index in [2.05, 4.69) is 48.9 Å². The summed E-state index contributed by atoms with van der Waals surface area (Å²) in [6, 6.07) is 7.35. The molecule has 0 fully saturated rings. The van der Waals surface area contributed by atoms with Gasteiger partial charge in [-0.05, 0) is 43.9 Å². The molecule has 1 atom stereocenters. The van der Waals surface area contributed by atoms with Crippen molar-refractivity contribution in [2.75, 3.05) is 13.1 Å². The van der Waals surface area contributed by atoms with Crippen molar-refractivity contribution in [1.29, 1.82) is 0 Å². The monoisotopic (exact) mass is 314 g/mol. The maximum absolute atomic E-state index is 4.48. The Morgan fingerprint density at radius 2 is 2.18 bits per heavy atom. The fraction of sp³-hybridized carbons (Fsp3) is 0.526. The zero-order valence-corrected chi connectivity index (χ0v) is 14.7. The highest BCUT2D eigenvalue weighted by Crippen LogP contribution is 2.32. The van der Waals surface area contributed by atoms with E-state index in [0.29, 0.717) is 6.04 Å². The molecule has 1 aliphatic heterocycles. The Labute approximate surface area is 137 Å². The summed E-state index contributed by atoms with van der Waals surface area (Å²) in [4.78, 5) is 7.14. The van der Waals surface area contributed by atoms with Crippen molar-refractivity contribution in [3.8, 4) is 0 Å². The van der Waals surface area contributed by atoms with Gasteiger partial charge in [0.15, 0.2) is 0 Å². The second kappa shape index (κ2) is 6.93. The Bertz CT molecular complexity index is 671. The highest BCUT2D eigenvalue weighted by molar-refractivity contribution is 7.16. The van der Waals surface area contributed by atoms with Crippen LogP contribution in [0.2, 0.25) is 0 Å². The van der Waals surface area contributed by atoms with Gasteiger partial charge in [-0.25, -0.2) is 4.98 Å². The van der Waals surface area contributed by atoms with Gasteiger partial charge < -0.3 is 0 Å². The van der Waals surface area contributed by atoms with Crippen molar-refractivity contribution in [2.24, 2.45) is 0 Å². The Kier molecular flexibility index (Phi) is 4.94. The number of benzene rings is 1. The summed E-state index contributed by atoms with van der Waals surface area (Å²) in [5, 5.41) is 0. The molecule has 1 aromatic heterocycles. The first-order valence-corrected chi connectivity index (χ1v) is 9.35. The Balaban J connectivity index is 1.82. The molecule has 1 unspecified atom stereocenters. The van der Waals surface area contributed by atoms with Crippen LogP contribution >= 0.6 is 11.3 Å². The van der Waals surface area contributed by atoms with E-state index < -0.39 is 0 Å². The number of nitrogens with zero attached hydrogens (tertiary/aromatic N) is 2. The van der Waals surface area contributed by atoms with Crippen LogP contribution in [-0.2, 0) is 0 Å². The molecule has 2 nitrogen and oxygen atoms in total. The summed E-state index contributed by atoms with van der Waals surface area (Å²) in [7, 11) is 0. The van der Waals surface area contributed by atoms with Crippen LogP contribution in [0.1, 0.15) is 58.1 Å². The van der Waals surface area contributed by atoms with Gasteiger partial charge in [0.25, 0.3) is 0 Å². The van der Waals surface area contributed by atoms with Crippen LogP contribution in [0.4, 0.5) is 0 Å². The third-order valence-electron chi connectivity index (χ3n) is 4.86. The van der Waals surface area contributed by atoms with Gasteiger partial charge in [0, 0.05) is 19.1 Å². The lowest BCUT2D eigenvalue weighted by Gasteiger charge is -2.36. The first-order valence-electron chi connectivity index (χ1n) is 8.47. The third kappa shape index (κ3) is 3.11. The topological polar surface area (TPSA) is 16.1 Å². The van der Waals surface area contributed by atoms with Gasteiger partial charge in [0.2, 0.25) is 0 Å². The number of aromatic nitrogens is 1. The van der Waals surface area contributed by atoms with Crippen LogP contribution in [0, 0.1) is 0 Å². The van der Waals surface area contributed by atoms with Gasteiger partial charge in [-0.1, -0.05) is 37.5 Å².